The van der Waals surface area contributed by atoms with Crippen molar-refractivity contribution in [2.45, 2.75) is 45.6 Å². The van der Waals surface area contributed by atoms with Gasteiger partial charge in [-0.25, -0.2) is 4.98 Å². The molecule has 2 nitrogen and oxygen atoms in total. The third kappa shape index (κ3) is 0.977. The Hall–Kier alpha value is -0.790. The summed E-state index contributed by atoms with van der Waals surface area (Å²) >= 11 is 0. The van der Waals surface area contributed by atoms with Crippen LogP contribution in [0, 0.1) is 0 Å². The van der Waals surface area contributed by atoms with Crippen LogP contribution in [0.2, 0.25) is 0 Å². The molecule has 0 amide bonds. The van der Waals surface area contributed by atoms with Gasteiger partial charge in [0.15, 0.2) is 0 Å². The summed E-state index contributed by atoms with van der Waals surface area (Å²) in [7, 11) is 0. The minimum Gasteiger partial charge on any atom is -0.329 e. The van der Waals surface area contributed by atoms with Gasteiger partial charge in [0.1, 0.15) is 5.82 Å². The topological polar surface area (TPSA) is 17.8 Å². The van der Waals surface area contributed by atoms with Gasteiger partial charge in [-0.1, -0.05) is 13.8 Å². The van der Waals surface area contributed by atoms with Crippen molar-refractivity contribution in [2.24, 2.45) is 0 Å². The highest BCUT2D eigenvalue weighted by atomic mass is 15.1. The molecule has 2 heterocycles. The number of fused-ring (bicyclic) bond motifs is 1. The number of aryl methyl sites for hydroxylation is 2. The molecule has 2 rings (SSSR count). The fraction of sp³-hybridized carbons (Fsp3) is 0.700. The van der Waals surface area contributed by atoms with Crippen LogP contribution in [-0.4, -0.2) is 9.55 Å². The lowest BCUT2D eigenvalue weighted by Gasteiger charge is -2.12. The maximum atomic E-state index is 4.43. The first-order valence-corrected chi connectivity index (χ1v) is 4.91. The van der Waals surface area contributed by atoms with Gasteiger partial charge in [0.05, 0.1) is 0 Å². The Morgan fingerprint density at radius 3 is 3.08 bits per heavy atom. The first-order chi connectivity index (χ1) is 5.86. The maximum absolute atomic E-state index is 4.43. The van der Waals surface area contributed by atoms with Crippen LogP contribution in [0.25, 0.3) is 0 Å². The molecule has 1 aromatic heterocycles. The van der Waals surface area contributed by atoms with E-state index in [2.05, 4.69) is 23.4 Å². The van der Waals surface area contributed by atoms with E-state index in [4.69, 9.17) is 0 Å². The molecular formula is C10H16N2. The molecule has 1 aromatic rings. The highest BCUT2D eigenvalue weighted by Gasteiger charge is 2.22. The van der Waals surface area contributed by atoms with Gasteiger partial charge in [-0.3, -0.25) is 0 Å². The van der Waals surface area contributed by atoms with E-state index < -0.39 is 0 Å². The Morgan fingerprint density at radius 1 is 1.58 bits per heavy atom. The first kappa shape index (κ1) is 7.84. The first-order valence-electron chi connectivity index (χ1n) is 4.91. The predicted molar refractivity (Wildman–Crippen MR) is 49.3 cm³/mol. The van der Waals surface area contributed by atoms with Crippen molar-refractivity contribution in [1.29, 1.82) is 0 Å². The molecule has 0 spiro atoms. The molecule has 0 aromatic carbocycles. The summed E-state index contributed by atoms with van der Waals surface area (Å²) in [4.78, 5) is 4.43. The molecule has 66 valence electrons. The van der Waals surface area contributed by atoms with E-state index in [9.17, 15) is 0 Å². The molecule has 0 N–H and O–H groups in total. The van der Waals surface area contributed by atoms with E-state index in [1.54, 1.807) is 0 Å². The van der Waals surface area contributed by atoms with E-state index >= 15 is 0 Å². The Labute approximate surface area is 73.6 Å². The van der Waals surface area contributed by atoms with E-state index in [1.807, 2.05) is 6.20 Å². The van der Waals surface area contributed by atoms with Crippen LogP contribution in [0.15, 0.2) is 6.20 Å². The van der Waals surface area contributed by atoms with Crippen LogP contribution in [0.5, 0.6) is 0 Å². The zero-order valence-electron chi connectivity index (χ0n) is 7.88. The van der Waals surface area contributed by atoms with E-state index in [-0.39, 0.29) is 0 Å². The molecule has 0 saturated heterocycles. The Morgan fingerprint density at radius 2 is 2.42 bits per heavy atom. The highest BCUT2D eigenvalue weighted by Crippen LogP contribution is 2.29. The number of rotatable bonds is 2. The van der Waals surface area contributed by atoms with Crippen LogP contribution < -0.4 is 0 Å². The van der Waals surface area contributed by atoms with Crippen molar-refractivity contribution in [3.05, 3.63) is 17.7 Å². The molecule has 1 aliphatic rings. The molecule has 12 heavy (non-hydrogen) atoms. The lowest BCUT2D eigenvalue weighted by molar-refractivity contribution is 0.498. The quantitative estimate of drug-likeness (QED) is 0.656. The van der Waals surface area contributed by atoms with Crippen LogP contribution in [0.4, 0.5) is 0 Å². The van der Waals surface area contributed by atoms with Gasteiger partial charge in [-0.15, -0.1) is 0 Å². The third-order valence-corrected chi connectivity index (χ3v) is 2.85. The lowest BCUT2D eigenvalue weighted by Crippen LogP contribution is -2.05. The van der Waals surface area contributed by atoms with Crippen LogP contribution in [-0.2, 0) is 12.8 Å². The van der Waals surface area contributed by atoms with Gasteiger partial charge in [-0.05, 0) is 19.3 Å². The fourth-order valence-corrected chi connectivity index (χ4v) is 2.14. The van der Waals surface area contributed by atoms with Crippen LogP contribution in [0.1, 0.15) is 44.2 Å². The number of hydrogen-bond donors (Lipinski definition) is 0. The smallest absolute Gasteiger partial charge is 0.109 e. The number of imidazole rings is 1. The zero-order chi connectivity index (χ0) is 8.55. The van der Waals surface area contributed by atoms with Gasteiger partial charge in [0.2, 0.25) is 0 Å². The molecule has 0 saturated carbocycles. The molecule has 0 bridgehead atoms. The van der Waals surface area contributed by atoms with Crippen molar-refractivity contribution in [2.75, 3.05) is 0 Å². The number of aromatic nitrogens is 2. The second-order valence-corrected chi connectivity index (χ2v) is 3.49. The van der Waals surface area contributed by atoms with Crippen molar-refractivity contribution in [3.8, 4) is 0 Å². The predicted octanol–water partition coefficient (Wildman–Crippen LogP) is 2.34. The second kappa shape index (κ2) is 2.92. The maximum Gasteiger partial charge on any atom is 0.109 e. The Balaban J connectivity index is 2.38. The fourth-order valence-electron chi connectivity index (χ4n) is 2.14. The van der Waals surface area contributed by atoms with Gasteiger partial charge >= 0.3 is 0 Å². The normalized spacial score (nSPS) is 21.3. The Kier molecular flexibility index (Phi) is 1.91. The minimum absolute atomic E-state index is 0.734. The van der Waals surface area contributed by atoms with Crippen molar-refractivity contribution in [1.82, 2.24) is 9.55 Å². The largest absolute Gasteiger partial charge is 0.329 e. The van der Waals surface area contributed by atoms with Gasteiger partial charge in [0.25, 0.3) is 0 Å². The molecule has 2 heteroatoms. The summed E-state index contributed by atoms with van der Waals surface area (Å²) in [6, 6.07) is 0.734. The standard InChI is InChI=1S/C10H16N2/c1-3-8-5-6-10-11-7-9(4-2)12(8)10/h7-8H,3-6H2,1-2H3. The van der Waals surface area contributed by atoms with Gasteiger partial charge < -0.3 is 4.57 Å². The van der Waals surface area contributed by atoms with Crippen molar-refractivity contribution >= 4 is 0 Å². The summed E-state index contributed by atoms with van der Waals surface area (Å²) in [6.45, 7) is 4.47. The summed E-state index contributed by atoms with van der Waals surface area (Å²) in [5.74, 6) is 1.30. The molecule has 0 fully saturated rings. The molecule has 1 atom stereocenters. The van der Waals surface area contributed by atoms with Crippen molar-refractivity contribution < 1.29 is 0 Å². The minimum atomic E-state index is 0.734. The summed E-state index contributed by atoms with van der Waals surface area (Å²) in [6.07, 6.45) is 6.88. The summed E-state index contributed by atoms with van der Waals surface area (Å²) in [5.41, 5.74) is 1.41. The van der Waals surface area contributed by atoms with Crippen molar-refractivity contribution in [3.63, 3.8) is 0 Å². The second-order valence-electron chi connectivity index (χ2n) is 3.49. The summed E-state index contributed by atoms with van der Waals surface area (Å²) < 4.78 is 2.44. The number of nitrogens with zero attached hydrogens (tertiary/aromatic N) is 2. The molecule has 1 aliphatic heterocycles. The lowest BCUT2D eigenvalue weighted by atomic mass is 10.1. The van der Waals surface area contributed by atoms with Crippen LogP contribution >= 0.6 is 0 Å². The van der Waals surface area contributed by atoms with E-state index in [0.717, 1.165) is 12.5 Å². The third-order valence-electron chi connectivity index (χ3n) is 2.85. The van der Waals surface area contributed by atoms with E-state index in [1.165, 1.54) is 30.8 Å². The molecule has 1 unspecified atom stereocenters. The zero-order valence-corrected chi connectivity index (χ0v) is 7.88. The average Bonchev–Trinajstić information content (AvgIpc) is 2.62. The van der Waals surface area contributed by atoms with Gasteiger partial charge in [0, 0.05) is 24.4 Å². The highest BCUT2D eigenvalue weighted by molar-refractivity contribution is 5.11. The van der Waals surface area contributed by atoms with Gasteiger partial charge in [-0.2, -0.15) is 0 Å². The number of hydrogen-bond acceptors (Lipinski definition) is 1. The Bertz CT molecular complexity index is 275. The monoisotopic (exact) mass is 164 g/mol. The SMILES string of the molecule is CCc1cnc2n1C(CC)CC2. The van der Waals surface area contributed by atoms with Crippen LogP contribution in [0.3, 0.4) is 0 Å². The molecule has 0 aliphatic carbocycles. The molecule has 0 radical (unpaired) electrons. The summed E-state index contributed by atoms with van der Waals surface area (Å²) in [5, 5.41) is 0. The van der Waals surface area contributed by atoms with E-state index in [0.29, 0.717) is 0 Å². The average molecular weight is 164 g/mol. The molecular weight excluding hydrogens is 148 g/mol.